The third-order valence-corrected chi connectivity index (χ3v) is 2.70. The zero-order chi connectivity index (χ0) is 13.5. The van der Waals surface area contributed by atoms with Crippen LogP contribution in [0.2, 0.25) is 0 Å². The highest BCUT2D eigenvalue weighted by Crippen LogP contribution is 2.07. The molecule has 0 spiro atoms. The van der Waals surface area contributed by atoms with Crippen molar-refractivity contribution in [1.29, 1.82) is 0 Å². The Morgan fingerprint density at radius 2 is 2.22 bits per heavy atom. The van der Waals surface area contributed by atoms with Gasteiger partial charge in [-0.15, -0.1) is 0 Å². The second-order valence-electron chi connectivity index (χ2n) is 4.41. The van der Waals surface area contributed by atoms with Gasteiger partial charge in [0.15, 0.2) is 0 Å². The number of nitrogens with one attached hydrogen (secondary N) is 1. The lowest BCUT2D eigenvalue weighted by atomic mass is 10.2. The number of anilines is 1. The minimum atomic E-state index is -0.348. The van der Waals surface area contributed by atoms with Gasteiger partial charge in [0.2, 0.25) is 0 Å². The summed E-state index contributed by atoms with van der Waals surface area (Å²) in [6, 6.07) is 3.55. The average Bonchev–Trinajstić information content (AvgIpc) is 2.38. The summed E-state index contributed by atoms with van der Waals surface area (Å²) in [6.45, 7) is 2.39. The van der Waals surface area contributed by atoms with E-state index in [0.717, 1.165) is 5.82 Å². The molecule has 0 bridgehead atoms. The molecular formula is C13H21N3O2. The Kier molecular flexibility index (Phi) is 5.58. The largest absolute Gasteiger partial charge is 0.393 e. The van der Waals surface area contributed by atoms with Gasteiger partial charge >= 0.3 is 0 Å². The predicted octanol–water partition coefficient (Wildman–Crippen LogP) is 1.04. The molecule has 0 fully saturated rings. The molecule has 0 aliphatic rings. The maximum Gasteiger partial charge on any atom is 0.252 e. The van der Waals surface area contributed by atoms with E-state index in [0.29, 0.717) is 24.9 Å². The Morgan fingerprint density at radius 1 is 1.50 bits per heavy atom. The highest BCUT2D eigenvalue weighted by molar-refractivity contribution is 5.94. The number of pyridine rings is 1. The van der Waals surface area contributed by atoms with Crippen molar-refractivity contribution >= 4 is 11.7 Å². The van der Waals surface area contributed by atoms with Gasteiger partial charge in [-0.3, -0.25) is 4.79 Å². The summed E-state index contributed by atoms with van der Waals surface area (Å²) in [7, 11) is 3.79. The van der Waals surface area contributed by atoms with Gasteiger partial charge in [0.1, 0.15) is 5.82 Å². The molecule has 0 radical (unpaired) electrons. The highest BCUT2D eigenvalue weighted by Gasteiger charge is 2.07. The number of carbonyl (C=O) groups is 1. The van der Waals surface area contributed by atoms with Gasteiger partial charge < -0.3 is 15.3 Å². The molecule has 2 N–H and O–H groups in total. The quantitative estimate of drug-likeness (QED) is 0.793. The molecule has 1 heterocycles. The van der Waals surface area contributed by atoms with Crippen LogP contribution in [0.15, 0.2) is 18.3 Å². The van der Waals surface area contributed by atoms with Crippen LogP contribution in [0.1, 0.15) is 30.1 Å². The van der Waals surface area contributed by atoms with Gasteiger partial charge in [0, 0.05) is 26.8 Å². The van der Waals surface area contributed by atoms with Crippen LogP contribution in [0.25, 0.3) is 0 Å². The first-order valence-corrected chi connectivity index (χ1v) is 6.14. The Hall–Kier alpha value is -1.62. The van der Waals surface area contributed by atoms with Crippen molar-refractivity contribution in [3.05, 3.63) is 23.9 Å². The van der Waals surface area contributed by atoms with Crippen LogP contribution in [-0.4, -0.2) is 42.7 Å². The third kappa shape index (κ3) is 4.33. The molecule has 1 rings (SSSR count). The molecule has 0 saturated heterocycles. The molecule has 0 aliphatic carbocycles. The van der Waals surface area contributed by atoms with Crippen molar-refractivity contribution in [3.8, 4) is 0 Å². The summed E-state index contributed by atoms with van der Waals surface area (Å²) >= 11 is 0. The number of carbonyl (C=O) groups excluding carboxylic acids is 1. The molecule has 5 nitrogen and oxygen atoms in total. The lowest BCUT2D eigenvalue weighted by Crippen LogP contribution is -2.27. The monoisotopic (exact) mass is 251 g/mol. The van der Waals surface area contributed by atoms with E-state index in [-0.39, 0.29) is 12.0 Å². The first-order chi connectivity index (χ1) is 8.54. The average molecular weight is 251 g/mol. The van der Waals surface area contributed by atoms with E-state index in [4.69, 9.17) is 0 Å². The minimum Gasteiger partial charge on any atom is -0.393 e. The van der Waals surface area contributed by atoms with Gasteiger partial charge in [-0.2, -0.15) is 0 Å². The van der Waals surface area contributed by atoms with Gasteiger partial charge in [-0.05, 0) is 25.0 Å². The molecule has 1 aromatic heterocycles. The van der Waals surface area contributed by atoms with Gasteiger partial charge in [-0.25, -0.2) is 4.98 Å². The smallest absolute Gasteiger partial charge is 0.252 e. The first-order valence-electron chi connectivity index (χ1n) is 6.14. The van der Waals surface area contributed by atoms with Crippen LogP contribution in [0.4, 0.5) is 5.82 Å². The number of hydrogen-bond donors (Lipinski definition) is 2. The Balaban J connectivity index is 2.46. The van der Waals surface area contributed by atoms with Crippen molar-refractivity contribution < 1.29 is 9.90 Å². The zero-order valence-corrected chi connectivity index (χ0v) is 11.2. The lowest BCUT2D eigenvalue weighted by molar-refractivity contribution is 0.0941. The van der Waals surface area contributed by atoms with Crippen LogP contribution in [0, 0.1) is 0 Å². The summed E-state index contributed by atoms with van der Waals surface area (Å²) in [5.74, 6) is 0.657. The summed E-state index contributed by atoms with van der Waals surface area (Å²) in [4.78, 5) is 17.8. The van der Waals surface area contributed by atoms with E-state index >= 15 is 0 Å². The third-order valence-electron chi connectivity index (χ3n) is 2.70. The van der Waals surface area contributed by atoms with Crippen LogP contribution in [-0.2, 0) is 0 Å². The van der Waals surface area contributed by atoms with Gasteiger partial charge in [-0.1, -0.05) is 6.92 Å². The molecule has 0 aliphatic heterocycles. The predicted molar refractivity (Wildman–Crippen MR) is 71.8 cm³/mol. The Morgan fingerprint density at radius 3 is 2.72 bits per heavy atom. The number of rotatable bonds is 6. The highest BCUT2D eigenvalue weighted by atomic mass is 16.3. The second-order valence-corrected chi connectivity index (χ2v) is 4.41. The molecular weight excluding hydrogens is 230 g/mol. The van der Waals surface area contributed by atoms with Crippen LogP contribution < -0.4 is 10.2 Å². The van der Waals surface area contributed by atoms with E-state index in [9.17, 15) is 9.90 Å². The fourth-order valence-electron chi connectivity index (χ4n) is 1.44. The topological polar surface area (TPSA) is 65.5 Å². The fraction of sp³-hybridized carbons (Fsp3) is 0.538. The van der Waals surface area contributed by atoms with Crippen LogP contribution >= 0.6 is 0 Å². The SMILES string of the molecule is CCC(O)CCNC(=O)c1ccc(N(C)C)nc1. The summed E-state index contributed by atoms with van der Waals surface area (Å²) < 4.78 is 0. The second kappa shape index (κ2) is 6.96. The molecule has 1 atom stereocenters. The van der Waals surface area contributed by atoms with Crippen LogP contribution in [0.5, 0.6) is 0 Å². The summed E-state index contributed by atoms with van der Waals surface area (Å²) in [5.41, 5.74) is 0.534. The number of aliphatic hydroxyl groups excluding tert-OH is 1. The van der Waals surface area contributed by atoms with E-state index in [1.165, 1.54) is 0 Å². The summed E-state index contributed by atoms with van der Waals surface area (Å²) in [5, 5.41) is 12.1. The summed E-state index contributed by atoms with van der Waals surface area (Å²) in [6.07, 6.45) is 2.49. The van der Waals surface area contributed by atoms with Gasteiger partial charge in [0.25, 0.3) is 5.91 Å². The van der Waals surface area contributed by atoms with Crippen molar-refractivity contribution in [1.82, 2.24) is 10.3 Å². The maximum atomic E-state index is 11.7. The molecule has 1 amide bonds. The normalized spacial score (nSPS) is 12.0. The molecule has 100 valence electrons. The number of amides is 1. The fourth-order valence-corrected chi connectivity index (χ4v) is 1.44. The molecule has 0 aromatic carbocycles. The van der Waals surface area contributed by atoms with Crippen molar-refractivity contribution in [2.75, 3.05) is 25.5 Å². The molecule has 1 aromatic rings. The standard InChI is InChI=1S/C13H21N3O2/c1-4-11(17)7-8-14-13(18)10-5-6-12(15-9-10)16(2)3/h5-6,9,11,17H,4,7-8H2,1-3H3,(H,14,18). The van der Waals surface area contributed by atoms with Crippen molar-refractivity contribution in [2.24, 2.45) is 0 Å². The van der Waals surface area contributed by atoms with Crippen molar-refractivity contribution in [2.45, 2.75) is 25.9 Å². The number of hydrogen-bond acceptors (Lipinski definition) is 4. The van der Waals surface area contributed by atoms with E-state index in [2.05, 4.69) is 10.3 Å². The molecule has 0 saturated carbocycles. The molecule has 5 heteroatoms. The Bertz CT molecular complexity index is 376. The number of nitrogens with zero attached hydrogens (tertiary/aromatic N) is 2. The van der Waals surface area contributed by atoms with E-state index in [1.54, 1.807) is 18.3 Å². The lowest BCUT2D eigenvalue weighted by Gasteiger charge is -2.12. The van der Waals surface area contributed by atoms with E-state index in [1.807, 2.05) is 25.9 Å². The first kappa shape index (κ1) is 14.4. The minimum absolute atomic E-state index is 0.156. The maximum absolute atomic E-state index is 11.7. The van der Waals surface area contributed by atoms with Crippen LogP contribution in [0.3, 0.4) is 0 Å². The Labute approximate surface area is 108 Å². The van der Waals surface area contributed by atoms with Crippen molar-refractivity contribution in [3.63, 3.8) is 0 Å². The van der Waals surface area contributed by atoms with E-state index < -0.39 is 0 Å². The number of aliphatic hydroxyl groups is 1. The van der Waals surface area contributed by atoms with Gasteiger partial charge in [0.05, 0.1) is 11.7 Å². The zero-order valence-electron chi connectivity index (χ0n) is 11.2. The number of aromatic nitrogens is 1. The molecule has 1 unspecified atom stereocenters. The molecule has 18 heavy (non-hydrogen) atoms.